The largest absolute Gasteiger partial charge is 0.444 e. The van der Waals surface area contributed by atoms with Gasteiger partial charge < -0.3 is 24.5 Å². The maximum absolute atomic E-state index is 12.9. The summed E-state index contributed by atoms with van der Waals surface area (Å²) in [5, 5.41) is 6.33. The summed E-state index contributed by atoms with van der Waals surface area (Å²) >= 11 is 0. The molecule has 1 heterocycles. The zero-order valence-corrected chi connectivity index (χ0v) is 25.1. The molecular weight excluding hydrogens is 548 g/mol. The van der Waals surface area contributed by atoms with Crippen LogP contribution in [0.4, 0.5) is 15.3 Å². The molecule has 0 bridgehead atoms. The Balaban J connectivity index is 1.43. The Morgan fingerprint density at radius 3 is 2.16 bits per heavy atom. The van der Waals surface area contributed by atoms with E-state index in [1.54, 1.807) is 77.9 Å². The minimum atomic E-state index is -0.905. The molecule has 0 saturated heterocycles. The number of guanidine groups is 1. The van der Waals surface area contributed by atoms with E-state index in [0.29, 0.717) is 17.0 Å². The number of ether oxygens (including phenoxy) is 3. The average Bonchev–Trinajstić information content (AvgIpc) is 3.29. The first kappa shape index (κ1) is 30.8. The molecule has 43 heavy (non-hydrogen) atoms. The van der Waals surface area contributed by atoms with Crippen LogP contribution in [0.1, 0.15) is 63.0 Å². The number of nitrogens with zero attached hydrogens (tertiary/aromatic N) is 1. The van der Waals surface area contributed by atoms with Crippen LogP contribution < -0.4 is 15.4 Å². The summed E-state index contributed by atoms with van der Waals surface area (Å²) in [6, 6.07) is 22.0. The van der Waals surface area contributed by atoms with Crippen LogP contribution >= 0.6 is 0 Å². The van der Waals surface area contributed by atoms with Crippen molar-refractivity contribution in [2.75, 3.05) is 5.32 Å². The van der Waals surface area contributed by atoms with Gasteiger partial charge in [0.15, 0.2) is 0 Å². The number of H-pyrrole nitrogens is 1. The number of benzene rings is 3. The van der Waals surface area contributed by atoms with Crippen LogP contribution in [0.3, 0.4) is 0 Å². The summed E-state index contributed by atoms with van der Waals surface area (Å²) in [5.41, 5.74) is 2.42. The van der Waals surface area contributed by atoms with Gasteiger partial charge in [0.2, 0.25) is 5.96 Å². The number of fused-ring (bicyclic) bond motifs is 1. The van der Waals surface area contributed by atoms with Gasteiger partial charge in [0.25, 0.3) is 0 Å². The predicted octanol–water partition coefficient (Wildman–Crippen LogP) is 7.21. The highest BCUT2D eigenvalue weighted by atomic mass is 16.6. The highest BCUT2D eigenvalue weighted by molar-refractivity contribution is 6.06. The van der Waals surface area contributed by atoms with E-state index in [-0.39, 0.29) is 5.96 Å². The monoisotopic (exact) mass is 584 g/mol. The molecule has 4 aromatic rings. The lowest BCUT2D eigenvalue weighted by molar-refractivity contribution is 0.0561. The van der Waals surface area contributed by atoms with Crippen LogP contribution in [0.15, 0.2) is 84.0 Å². The number of aromatic nitrogens is 1. The third-order valence-electron chi connectivity index (χ3n) is 5.79. The molecule has 0 spiro atoms. The lowest BCUT2D eigenvalue weighted by Gasteiger charge is -2.21. The van der Waals surface area contributed by atoms with Gasteiger partial charge >= 0.3 is 18.2 Å². The highest BCUT2D eigenvalue weighted by Crippen LogP contribution is 2.26. The lowest BCUT2D eigenvalue weighted by Crippen LogP contribution is -2.40. The molecule has 0 aliphatic carbocycles. The molecule has 3 N–H and O–H groups in total. The molecule has 3 aromatic carbocycles. The molecule has 0 unspecified atom stereocenters. The Morgan fingerprint density at radius 1 is 0.837 bits per heavy atom. The number of amides is 2. The highest BCUT2D eigenvalue weighted by Gasteiger charge is 2.21. The molecule has 4 rings (SSSR count). The Morgan fingerprint density at radius 2 is 1.51 bits per heavy atom. The molecule has 0 aliphatic rings. The maximum Gasteiger partial charge on any atom is 0.437 e. The number of hydrogen-bond donors (Lipinski definition) is 3. The first-order valence-corrected chi connectivity index (χ1v) is 13.8. The Kier molecular flexibility index (Phi) is 9.18. The SMILES string of the molecule is CC(C)(C)OC(=O)/N=C(/NC(=O)OC(C)(C)C)Nc1ccc(C(=O)Oc2ccc3c(Cc4ccccc4)c[nH]c3c2)cc1. The van der Waals surface area contributed by atoms with Gasteiger partial charge in [0, 0.05) is 28.9 Å². The van der Waals surface area contributed by atoms with E-state index in [1.165, 1.54) is 5.56 Å². The number of rotatable bonds is 5. The normalized spacial score (nSPS) is 12.0. The zero-order valence-electron chi connectivity index (χ0n) is 25.1. The molecule has 0 saturated carbocycles. The number of nitrogens with one attached hydrogen (secondary N) is 3. The Labute approximate surface area is 250 Å². The fourth-order valence-corrected chi connectivity index (χ4v) is 4.05. The third kappa shape index (κ3) is 9.46. The molecule has 224 valence electrons. The van der Waals surface area contributed by atoms with Crippen LogP contribution in [0, 0.1) is 0 Å². The van der Waals surface area contributed by atoms with Gasteiger partial charge in [-0.15, -0.1) is 4.99 Å². The van der Waals surface area contributed by atoms with E-state index in [9.17, 15) is 14.4 Å². The molecule has 10 nitrogen and oxygen atoms in total. The zero-order chi connectivity index (χ0) is 31.2. The van der Waals surface area contributed by atoms with Crippen molar-refractivity contribution in [1.82, 2.24) is 10.3 Å². The first-order valence-electron chi connectivity index (χ1n) is 13.8. The van der Waals surface area contributed by atoms with Gasteiger partial charge in [-0.2, -0.15) is 0 Å². The van der Waals surface area contributed by atoms with E-state index in [1.807, 2.05) is 30.5 Å². The summed E-state index contributed by atoms with van der Waals surface area (Å²) in [7, 11) is 0. The van der Waals surface area contributed by atoms with Gasteiger partial charge in [0.05, 0.1) is 5.56 Å². The summed E-state index contributed by atoms with van der Waals surface area (Å²) < 4.78 is 16.1. The Hall–Kier alpha value is -5.12. The number of hydrogen-bond acceptors (Lipinski definition) is 6. The molecule has 10 heteroatoms. The van der Waals surface area contributed by atoms with Gasteiger partial charge in [-0.1, -0.05) is 30.3 Å². The molecule has 0 radical (unpaired) electrons. The number of esters is 1. The van der Waals surface area contributed by atoms with Crippen LogP contribution in [-0.2, 0) is 15.9 Å². The standard InChI is InChI=1S/C33H36N4O6/c1-32(2,3)42-30(39)36-29(37-31(40)43-33(4,5)6)35-24-14-12-22(13-15-24)28(38)41-25-16-17-26-23(20-34-27(26)19-25)18-21-10-8-7-9-11-21/h7-17,19-20,34H,18H2,1-6H3,(H2,35,36,37,39,40). The minimum absolute atomic E-state index is 0.204. The van der Waals surface area contributed by atoms with E-state index in [2.05, 4.69) is 32.7 Å². The second-order valence-corrected chi connectivity index (χ2v) is 11.8. The average molecular weight is 585 g/mol. The minimum Gasteiger partial charge on any atom is -0.444 e. The van der Waals surface area contributed by atoms with Gasteiger partial charge in [-0.3, -0.25) is 5.32 Å². The van der Waals surface area contributed by atoms with Crippen molar-refractivity contribution < 1.29 is 28.6 Å². The smallest absolute Gasteiger partial charge is 0.437 e. The number of aromatic amines is 1. The quantitative estimate of drug-likeness (QED) is 0.0978. The van der Waals surface area contributed by atoms with Gasteiger partial charge in [-0.05, 0) is 95.5 Å². The molecule has 2 amide bonds. The van der Waals surface area contributed by atoms with Crippen molar-refractivity contribution >= 4 is 40.7 Å². The van der Waals surface area contributed by atoms with Gasteiger partial charge in [0.1, 0.15) is 17.0 Å². The third-order valence-corrected chi connectivity index (χ3v) is 5.79. The molecule has 1 aromatic heterocycles. The van der Waals surface area contributed by atoms with Crippen LogP contribution in [0.25, 0.3) is 10.9 Å². The van der Waals surface area contributed by atoms with Gasteiger partial charge in [-0.25, -0.2) is 14.4 Å². The molecular formula is C33H36N4O6. The number of alkyl carbamates (subject to hydrolysis) is 1. The second kappa shape index (κ2) is 12.8. The second-order valence-electron chi connectivity index (χ2n) is 11.8. The number of carbonyl (C=O) groups is 3. The van der Waals surface area contributed by atoms with Crippen molar-refractivity contribution in [1.29, 1.82) is 0 Å². The van der Waals surface area contributed by atoms with Crippen molar-refractivity contribution in [3.63, 3.8) is 0 Å². The van der Waals surface area contributed by atoms with Crippen LogP contribution in [0.5, 0.6) is 5.75 Å². The van der Waals surface area contributed by atoms with E-state index in [4.69, 9.17) is 14.2 Å². The molecule has 0 atom stereocenters. The summed E-state index contributed by atoms with van der Waals surface area (Å²) in [4.78, 5) is 44.6. The van der Waals surface area contributed by atoms with E-state index in [0.717, 1.165) is 22.9 Å². The topological polar surface area (TPSA) is 131 Å². The lowest BCUT2D eigenvalue weighted by atomic mass is 10.0. The number of anilines is 1. The fraction of sp³-hybridized carbons (Fsp3) is 0.273. The van der Waals surface area contributed by atoms with E-state index < -0.39 is 29.4 Å². The van der Waals surface area contributed by atoms with Crippen LogP contribution in [0.2, 0.25) is 0 Å². The Bertz CT molecular complexity index is 1630. The molecule has 0 fully saturated rings. The summed E-state index contributed by atoms with van der Waals surface area (Å²) in [6.07, 6.45) is 1.04. The van der Waals surface area contributed by atoms with Crippen molar-refractivity contribution in [3.8, 4) is 5.75 Å². The number of carbonyl (C=O) groups excluding carboxylic acids is 3. The van der Waals surface area contributed by atoms with Crippen molar-refractivity contribution in [2.24, 2.45) is 4.99 Å². The predicted molar refractivity (Wildman–Crippen MR) is 166 cm³/mol. The molecule has 0 aliphatic heterocycles. The summed E-state index contributed by atoms with van der Waals surface area (Å²) in [6.45, 7) is 10.2. The van der Waals surface area contributed by atoms with Crippen LogP contribution in [-0.4, -0.2) is 40.3 Å². The first-order chi connectivity index (χ1) is 20.2. The number of aliphatic imine (C=N–C) groups is 1. The van der Waals surface area contributed by atoms with E-state index >= 15 is 0 Å². The maximum atomic E-state index is 12.9. The van der Waals surface area contributed by atoms with Crippen molar-refractivity contribution in [3.05, 3.63) is 95.7 Å². The fourth-order valence-electron chi connectivity index (χ4n) is 4.05. The van der Waals surface area contributed by atoms with Crippen molar-refractivity contribution in [2.45, 2.75) is 59.2 Å². The summed E-state index contributed by atoms with van der Waals surface area (Å²) in [5.74, 6) is -0.345.